The van der Waals surface area contributed by atoms with Gasteiger partial charge < -0.3 is 0 Å². The lowest BCUT2D eigenvalue weighted by Crippen LogP contribution is -2.28. The van der Waals surface area contributed by atoms with Gasteiger partial charge in [0.05, 0.1) is 5.52 Å². The molecule has 0 radical (unpaired) electrons. The Hall–Kier alpha value is -1.23. The molecule has 0 atom stereocenters. The number of para-hydroxylation sites is 1. The number of fused-ring (bicyclic) bond motifs is 1. The van der Waals surface area contributed by atoms with Crippen molar-refractivity contribution in [3.63, 3.8) is 0 Å². The minimum Gasteiger partial charge on any atom is -0.299 e. The highest BCUT2D eigenvalue weighted by Crippen LogP contribution is 2.27. The maximum absolute atomic E-state index is 13.7. The molecule has 0 bridgehead atoms. The van der Waals surface area contributed by atoms with E-state index in [1.165, 1.54) is 4.57 Å². The molecule has 0 fully saturated rings. The summed E-state index contributed by atoms with van der Waals surface area (Å²) in [6.07, 6.45) is 3.35. The van der Waals surface area contributed by atoms with Gasteiger partial charge in [-0.05, 0) is 39.9 Å². The Bertz CT molecular complexity index is 584. The maximum atomic E-state index is 13.7. The van der Waals surface area contributed by atoms with Crippen molar-refractivity contribution >= 4 is 32.7 Å². The van der Waals surface area contributed by atoms with E-state index in [-0.39, 0.29) is 5.84 Å². The van der Waals surface area contributed by atoms with Crippen molar-refractivity contribution in [2.24, 2.45) is 4.99 Å². The summed E-state index contributed by atoms with van der Waals surface area (Å²) in [6, 6.07) is 9.22. The van der Waals surface area contributed by atoms with Crippen molar-refractivity contribution in [3.8, 4) is 0 Å². The molecule has 19 heavy (non-hydrogen) atoms. The van der Waals surface area contributed by atoms with Crippen LogP contribution in [0.15, 0.2) is 41.5 Å². The molecule has 0 aliphatic heterocycles. The molecule has 102 valence electrons. The van der Waals surface area contributed by atoms with Crippen LogP contribution in [0.4, 0.5) is 8.78 Å². The summed E-state index contributed by atoms with van der Waals surface area (Å²) >= 11 is 2.42. The standard InChI is InChI=1S/C14H15BrF2N2/c1-2-3-9-18-13(14(15,16)17)19-10-8-11-6-4-5-7-12(11)19/h4-8,10H,2-3,9H2,1H3. The normalized spacial score (nSPS) is 13.2. The molecule has 1 aromatic carbocycles. The van der Waals surface area contributed by atoms with E-state index in [9.17, 15) is 8.78 Å². The molecule has 1 aromatic heterocycles. The average molecular weight is 329 g/mol. The summed E-state index contributed by atoms with van der Waals surface area (Å²) in [6.45, 7) is 2.41. The Morgan fingerprint density at radius 1 is 1.32 bits per heavy atom. The number of aromatic nitrogens is 1. The molecular formula is C14H15BrF2N2. The molecule has 0 amide bonds. The van der Waals surface area contributed by atoms with Gasteiger partial charge in [-0.25, -0.2) is 0 Å². The lowest BCUT2D eigenvalue weighted by molar-refractivity contribution is 0.189. The SMILES string of the molecule is CCCCN=C(n1ccc2ccccc21)C(F)(F)Br. The third kappa shape index (κ3) is 3.21. The van der Waals surface area contributed by atoms with Gasteiger partial charge in [0.1, 0.15) is 0 Å². The quantitative estimate of drug-likeness (QED) is 0.336. The second kappa shape index (κ2) is 5.82. The largest absolute Gasteiger partial charge is 0.358 e. The maximum Gasteiger partial charge on any atom is 0.358 e. The lowest BCUT2D eigenvalue weighted by atomic mass is 10.2. The van der Waals surface area contributed by atoms with Gasteiger partial charge in [0, 0.05) is 12.7 Å². The Labute approximate surface area is 119 Å². The number of rotatable bonds is 4. The van der Waals surface area contributed by atoms with Crippen LogP contribution in [-0.4, -0.2) is 21.8 Å². The van der Waals surface area contributed by atoms with Gasteiger partial charge in [-0.2, -0.15) is 8.78 Å². The average Bonchev–Trinajstić information content (AvgIpc) is 2.77. The van der Waals surface area contributed by atoms with Crippen LogP contribution in [-0.2, 0) is 0 Å². The summed E-state index contributed by atoms with van der Waals surface area (Å²) in [7, 11) is 0. The van der Waals surface area contributed by atoms with Crippen molar-refractivity contribution in [2.75, 3.05) is 6.54 Å². The van der Waals surface area contributed by atoms with Gasteiger partial charge in [0.15, 0.2) is 5.84 Å². The number of aliphatic imine (C=N–C) groups is 1. The van der Waals surface area contributed by atoms with Gasteiger partial charge in [-0.3, -0.25) is 9.56 Å². The first-order chi connectivity index (χ1) is 9.04. The highest BCUT2D eigenvalue weighted by molar-refractivity contribution is 9.10. The summed E-state index contributed by atoms with van der Waals surface area (Å²) in [5.41, 5.74) is 0.733. The number of halogens is 3. The van der Waals surface area contributed by atoms with Gasteiger partial charge >= 0.3 is 4.83 Å². The van der Waals surface area contributed by atoms with E-state index in [0.29, 0.717) is 6.54 Å². The Kier molecular flexibility index (Phi) is 4.34. The Morgan fingerprint density at radius 2 is 2.05 bits per heavy atom. The van der Waals surface area contributed by atoms with Crippen LogP contribution in [0, 0.1) is 0 Å². The molecule has 0 unspecified atom stereocenters. The molecule has 0 aliphatic rings. The lowest BCUT2D eigenvalue weighted by Gasteiger charge is -2.14. The zero-order chi connectivity index (χ0) is 13.9. The summed E-state index contributed by atoms with van der Waals surface area (Å²) in [4.78, 5) is 0.924. The first-order valence-corrected chi connectivity index (χ1v) is 7.01. The monoisotopic (exact) mass is 328 g/mol. The van der Waals surface area contributed by atoms with Crippen molar-refractivity contribution < 1.29 is 8.78 Å². The van der Waals surface area contributed by atoms with Crippen molar-refractivity contribution in [3.05, 3.63) is 36.5 Å². The fourth-order valence-corrected chi connectivity index (χ4v) is 2.23. The third-order valence-electron chi connectivity index (χ3n) is 2.85. The van der Waals surface area contributed by atoms with Gasteiger partial charge in [0.2, 0.25) is 0 Å². The van der Waals surface area contributed by atoms with E-state index in [4.69, 9.17) is 0 Å². The number of hydrogen-bond donors (Lipinski definition) is 0. The van der Waals surface area contributed by atoms with Crippen LogP contribution >= 0.6 is 15.9 Å². The minimum absolute atomic E-state index is 0.262. The van der Waals surface area contributed by atoms with Crippen molar-refractivity contribution in [2.45, 2.75) is 24.6 Å². The topological polar surface area (TPSA) is 17.3 Å². The summed E-state index contributed by atoms with van der Waals surface area (Å²) in [5.74, 6) is -0.262. The molecule has 0 spiro atoms. The molecule has 0 saturated carbocycles. The van der Waals surface area contributed by atoms with E-state index in [0.717, 1.165) is 23.7 Å². The Balaban J connectivity index is 2.46. The van der Waals surface area contributed by atoms with Gasteiger partial charge in [0.25, 0.3) is 0 Å². The summed E-state index contributed by atoms with van der Waals surface area (Å²) in [5, 5.41) is 0.919. The molecule has 1 heterocycles. The molecule has 5 heteroatoms. The van der Waals surface area contributed by atoms with Crippen LogP contribution in [0.1, 0.15) is 19.8 Å². The van der Waals surface area contributed by atoms with Gasteiger partial charge in [-0.15, -0.1) is 0 Å². The van der Waals surface area contributed by atoms with Crippen LogP contribution in [0.3, 0.4) is 0 Å². The molecule has 0 saturated heterocycles. The first-order valence-electron chi connectivity index (χ1n) is 6.22. The van der Waals surface area contributed by atoms with Crippen molar-refractivity contribution in [1.29, 1.82) is 0 Å². The van der Waals surface area contributed by atoms with E-state index in [1.54, 1.807) is 6.20 Å². The van der Waals surface area contributed by atoms with Crippen molar-refractivity contribution in [1.82, 2.24) is 4.57 Å². The fourth-order valence-electron chi connectivity index (χ4n) is 1.91. The number of nitrogens with zero attached hydrogens (tertiary/aromatic N) is 2. The zero-order valence-corrected chi connectivity index (χ0v) is 12.2. The number of alkyl halides is 3. The van der Waals surface area contributed by atoms with Crippen LogP contribution < -0.4 is 0 Å². The number of unbranched alkanes of at least 4 members (excludes halogenated alkanes) is 1. The first kappa shape index (κ1) is 14.2. The van der Waals surface area contributed by atoms with Gasteiger partial charge in [-0.1, -0.05) is 31.5 Å². The highest BCUT2D eigenvalue weighted by Gasteiger charge is 2.34. The second-order valence-electron chi connectivity index (χ2n) is 4.30. The predicted molar refractivity (Wildman–Crippen MR) is 78.4 cm³/mol. The van der Waals surface area contributed by atoms with E-state index in [1.807, 2.05) is 37.3 Å². The molecule has 2 rings (SSSR count). The predicted octanol–water partition coefficient (Wildman–Crippen LogP) is 4.68. The molecule has 2 aromatic rings. The van der Waals surface area contributed by atoms with E-state index < -0.39 is 4.83 Å². The second-order valence-corrected chi connectivity index (χ2v) is 5.30. The molecule has 2 nitrogen and oxygen atoms in total. The van der Waals surface area contributed by atoms with Crippen LogP contribution in [0.25, 0.3) is 10.9 Å². The van der Waals surface area contributed by atoms with Crippen LogP contribution in [0.2, 0.25) is 0 Å². The number of benzene rings is 1. The fraction of sp³-hybridized carbons (Fsp3) is 0.357. The summed E-state index contributed by atoms with van der Waals surface area (Å²) < 4.78 is 28.8. The zero-order valence-electron chi connectivity index (χ0n) is 10.6. The molecule has 0 N–H and O–H groups in total. The third-order valence-corrected chi connectivity index (χ3v) is 3.21. The smallest absolute Gasteiger partial charge is 0.299 e. The Morgan fingerprint density at radius 3 is 2.74 bits per heavy atom. The molecule has 0 aliphatic carbocycles. The number of hydrogen-bond acceptors (Lipinski definition) is 1. The van der Waals surface area contributed by atoms with E-state index >= 15 is 0 Å². The minimum atomic E-state index is -3.14. The molecular weight excluding hydrogens is 314 g/mol. The highest BCUT2D eigenvalue weighted by atomic mass is 79.9. The van der Waals surface area contributed by atoms with Crippen LogP contribution in [0.5, 0.6) is 0 Å². The van der Waals surface area contributed by atoms with E-state index in [2.05, 4.69) is 20.9 Å².